The maximum Gasteiger partial charge on any atom is 0.0727 e. The van der Waals surface area contributed by atoms with Crippen LogP contribution in [0.15, 0.2) is 17.1 Å². The summed E-state index contributed by atoms with van der Waals surface area (Å²) in [6, 6.07) is 0. The molecule has 0 atom stereocenters. The molecule has 0 aliphatic carbocycles. The van der Waals surface area contributed by atoms with Gasteiger partial charge in [-0.15, -0.1) is 0 Å². The Kier molecular flexibility index (Phi) is 10.8. The van der Waals surface area contributed by atoms with Crippen molar-refractivity contribution in [1.82, 2.24) is 0 Å². The van der Waals surface area contributed by atoms with Gasteiger partial charge in [0.15, 0.2) is 0 Å². The van der Waals surface area contributed by atoms with E-state index in [2.05, 4.69) is 115 Å². The third-order valence-corrected chi connectivity index (χ3v) is 13.1. The summed E-state index contributed by atoms with van der Waals surface area (Å²) in [5, 5.41) is 1.62. The lowest BCUT2D eigenvalue weighted by atomic mass is 10.1. The quantitative estimate of drug-likeness (QED) is 0.202. The number of rotatable bonds is 8. The van der Waals surface area contributed by atoms with Gasteiger partial charge in [0.1, 0.15) is 0 Å². The second kappa shape index (κ2) is 10.7. The topological polar surface area (TPSA) is 12.4 Å². The van der Waals surface area contributed by atoms with Gasteiger partial charge in [-0.2, -0.15) is 0 Å². The predicted molar refractivity (Wildman–Crippen MR) is 144 cm³/mol. The van der Waals surface area contributed by atoms with E-state index >= 15 is 0 Å². The Labute approximate surface area is 187 Å². The first kappa shape index (κ1) is 29.3. The zero-order valence-corrected chi connectivity index (χ0v) is 24.2. The van der Waals surface area contributed by atoms with Crippen LogP contribution in [0.1, 0.15) is 110 Å². The molecule has 0 radical (unpaired) electrons. The molecule has 0 aromatic carbocycles. The van der Waals surface area contributed by atoms with E-state index in [1.165, 1.54) is 18.7 Å². The summed E-state index contributed by atoms with van der Waals surface area (Å²) in [6.45, 7) is 33.3. The van der Waals surface area contributed by atoms with Crippen molar-refractivity contribution < 1.29 is 0 Å². The van der Waals surface area contributed by atoms with Crippen LogP contribution in [0.25, 0.3) is 0 Å². The van der Waals surface area contributed by atoms with E-state index in [9.17, 15) is 0 Å². The number of allylic oxidation sites excluding steroid dienone is 1. The summed E-state index contributed by atoms with van der Waals surface area (Å²) >= 11 is 0. The highest BCUT2D eigenvalue weighted by atomic mass is 31.1. The fourth-order valence-corrected chi connectivity index (χ4v) is 11.9. The van der Waals surface area contributed by atoms with E-state index in [0.29, 0.717) is 20.6 Å². The third-order valence-electron chi connectivity index (χ3n) is 5.19. The molecule has 0 unspecified atom stereocenters. The van der Waals surface area contributed by atoms with Crippen molar-refractivity contribution in [3.63, 3.8) is 0 Å². The van der Waals surface area contributed by atoms with Gasteiger partial charge >= 0.3 is 0 Å². The van der Waals surface area contributed by atoms with Crippen LogP contribution in [0.4, 0.5) is 0 Å². The number of hydrogen-bond donors (Lipinski definition) is 0. The Morgan fingerprint density at radius 3 is 1.24 bits per heavy atom. The molecule has 172 valence electrons. The first-order valence-corrected chi connectivity index (χ1v) is 14.5. The second-order valence-electron chi connectivity index (χ2n) is 12.9. The first-order valence-electron chi connectivity index (χ1n) is 11.4. The molecular weight excluding hydrogens is 388 g/mol. The van der Waals surface area contributed by atoms with Crippen molar-refractivity contribution in [2.24, 2.45) is 4.99 Å². The van der Waals surface area contributed by atoms with Crippen molar-refractivity contribution in [1.29, 1.82) is 0 Å². The molecule has 0 aromatic rings. The highest BCUT2D eigenvalue weighted by molar-refractivity contribution is 7.61. The van der Waals surface area contributed by atoms with Gasteiger partial charge in [0.25, 0.3) is 0 Å². The van der Waals surface area contributed by atoms with E-state index in [1.807, 2.05) is 0 Å². The number of hydrogen-bond acceptors (Lipinski definition) is 1. The minimum Gasteiger partial charge on any atom is -0.287 e. The minimum absolute atomic E-state index is 0.0212. The normalized spacial score (nSPS) is 15.4. The van der Waals surface area contributed by atoms with E-state index in [1.54, 1.807) is 0 Å². The van der Waals surface area contributed by atoms with E-state index < -0.39 is 0 Å². The molecule has 0 aliphatic rings. The summed E-state index contributed by atoms with van der Waals surface area (Å²) in [6.07, 6.45) is 11.7. The number of aliphatic imine (C=N–C) groups is 1. The molecule has 0 saturated carbocycles. The number of nitrogens with zero attached hydrogens (tertiary/aromatic N) is 1. The standard InChI is InChI=1S/C26H53NP2/c1-22(2,3)28(23(4,5)6)20-16-15-18-26(13,14)27-19-17-21-29(24(7,8)9)25(10,11)12/h15,18-19H,16-17,20-21H2,1-14H3. The lowest BCUT2D eigenvalue weighted by Crippen LogP contribution is -2.26. The summed E-state index contributed by atoms with van der Waals surface area (Å²) in [7, 11) is -0.0619. The van der Waals surface area contributed by atoms with Crippen LogP contribution < -0.4 is 0 Å². The highest BCUT2D eigenvalue weighted by Gasteiger charge is 2.34. The molecular formula is C26H53NP2. The molecule has 0 spiro atoms. The van der Waals surface area contributed by atoms with Gasteiger partial charge in [-0.1, -0.05) is 111 Å². The van der Waals surface area contributed by atoms with Crippen molar-refractivity contribution in [2.75, 3.05) is 12.3 Å². The third kappa shape index (κ3) is 12.0. The predicted octanol–water partition coefficient (Wildman–Crippen LogP) is 9.33. The molecule has 0 bridgehead atoms. The molecule has 0 heterocycles. The first-order chi connectivity index (χ1) is 12.7. The lowest BCUT2D eigenvalue weighted by Gasteiger charge is -2.41. The molecule has 0 rings (SSSR count). The molecule has 3 heteroatoms. The van der Waals surface area contributed by atoms with E-state index in [-0.39, 0.29) is 21.4 Å². The van der Waals surface area contributed by atoms with Crippen molar-refractivity contribution >= 4 is 22.1 Å². The zero-order valence-electron chi connectivity index (χ0n) is 22.4. The Balaban J connectivity index is 4.79. The van der Waals surface area contributed by atoms with Crippen molar-refractivity contribution in [3.05, 3.63) is 12.2 Å². The molecule has 0 saturated heterocycles. The van der Waals surface area contributed by atoms with Gasteiger partial charge in [0.2, 0.25) is 0 Å². The maximum atomic E-state index is 4.91. The fourth-order valence-electron chi connectivity index (χ4n) is 4.46. The molecule has 0 aliphatic heterocycles. The van der Waals surface area contributed by atoms with Crippen LogP contribution in [0.5, 0.6) is 0 Å². The lowest BCUT2D eigenvalue weighted by molar-refractivity contribution is 0.656. The Bertz CT molecular complexity index is 455. The molecule has 1 nitrogen and oxygen atoms in total. The fraction of sp³-hybridized carbons (Fsp3) is 0.885. The molecule has 0 amide bonds. The Hall–Kier alpha value is 0.270. The molecule has 29 heavy (non-hydrogen) atoms. The molecule has 0 N–H and O–H groups in total. The van der Waals surface area contributed by atoms with Crippen LogP contribution in [-0.4, -0.2) is 44.7 Å². The summed E-state index contributed by atoms with van der Waals surface area (Å²) in [4.78, 5) is 4.91. The maximum absolute atomic E-state index is 4.91. The van der Waals surface area contributed by atoms with Gasteiger partial charge in [0, 0.05) is 6.21 Å². The van der Waals surface area contributed by atoms with E-state index in [4.69, 9.17) is 4.99 Å². The van der Waals surface area contributed by atoms with Crippen LogP contribution in [-0.2, 0) is 0 Å². The van der Waals surface area contributed by atoms with Gasteiger partial charge in [-0.25, -0.2) is 0 Å². The summed E-state index contributed by atoms with van der Waals surface area (Å²) in [5.41, 5.74) is -0.0988. The molecule has 0 aromatic heterocycles. The zero-order chi connectivity index (χ0) is 23.3. The van der Waals surface area contributed by atoms with Crippen molar-refractivity contribution in [2.45, 2.75) is 136 Å². The SMILES string of the molecule is CC(C)(C=CCCP(C(C)(C)C)C(C)(C)C)N=CCCP(C(C)(C)C)C(C)(C)C. The van der Waals surface area contributed by atoms with Crippen molar-refractivity contribution in [3.8, 4) is 0 Å². The largest absolute Gasteiger partial charge is 0.287 e. The highest BCUT2D eigenvalue weighted by Crippen LogP contribution is 2.60. The Morgan fingerprint density at radius 2 is 0.897 bits per heavy atom. The molecule has 0 fully saturated rings. The van der Waals surface area contributed by atoms with Crippen LogP contribution in [0, 0.1) is 0 Å². The summed E-state index contributed by atoms with van der Waals surface area (Å²) < 4.78 is 0. The van der Waals surface area contributed by atoms with Gasteiger partial charge < -0.3 is 0 Å². The average molecular weight is 442 g/mol. The smallest absolute Gasteiger partial charge is 0.0727 e. The van der Waals surface area contributed by atoms with Gasteiger partial charge in [0.05, 0.1) is 5.54 Å². The summed E-state index contributed by atoms with van der Waals surface area (Å²) in [5.74, 6) is 0. The van der Waals surface area contributed by atoms with Crippen LogP contribution in [0.2, 0.25) is 0 Å². The Morgan fingerprint density at radius 1 is 0.552 bits per heavy atom. The average Bonchev–Trinajstić information content (AvgIpc) is 2.40. The van der Waals surface area contributed by atoms with Gasteiger partial charge in [-0.3, -0.25) is 4.99 Å². The van der Waals surface area contributed by atoms with Gasteiger partial charge in [-0.05, 0) is 59.6 Å². The van der Waals surface area contributed by atoms with E-state index in [0.717, 1.165) is 6.42 Å². The van der Waals surface area contributed by atoms with Crippen LogP contribution in [0.3, 0.4) is 0 Å². The second-order valence-corrected chi connectivity index (χ2v) is 20.9. The van der Waals surface area contributed by atoms with Crippen LogP contribution >= 0.6 is 15.8 Å². The minimum atomic E-state index is -0.0988. The monoisotopic (exact) mass is 441 g/mol.